The highest BCUT2D eigenvalue weighted by molar-refractivity contribution is 5.77. The van der Waals surface area contributed by atoms with Crippen molar-refractivity contribution in [2.45, 2.75) is 45.1 Å². The summed E-state index contributed by atoms with van der Waals surface area (Å²) in [6.45, 7) is 6.56. The van der Waals surface area contributed by atoms with E-state index in [0.29, 0.717) is 39.3 Å². The Labute approximate surface area is 160 Å². The lowest BCUT2D eigenvalue weighted by molar-refractivity contribution is -0.122. The molecule has 7 nitrogen and oxygen atoms in total. The number of nitrogens with zero attached hydrogens (tertiary/aromatic N) is 1. The lowest BCUT2D eigenvalue weighted by Gasteiger charge is -2.31. The fourth-order valence-corrected chi connectivity index (χ4v) is 3.47. The number of hydrogen-bond acceptors (Lipinski definition) is 5. The van der Waals surface area contributed by atoms with Crippen molar-refractivity contribution in [3.05, 3.63) is 23.8 Å². The van der Waals surface area contributed by atoms with Crippen molar-refractivity contribution in [2.24, 2.45) is 0 Å². The molecule has 0 saturated carbocycles. The van der Waals surface area contributed by atoms with Crippen molar-refractivity contribution >= 4 is 12.0 Å². The monoisotopic (exact) mass is 376 g/mol. The van der Waals surface area contributed by atoms with Crippen LogP contribution in [0.15, 0.2) is 18.2 Å². The molecule has 1 atom stereocenters. The number of hydrogen-bond donors (Lipinski definition) is 1. The van der Waals surface area contributed by atoms with Gasteiger partial charge in [0.05, 0.1) is 6.61 Å². The van der Waals surface area contributed by atoms with E-state index in [1.54, 1.807) is 11.8 Å². The molecule has 1 aromatic rings. The first-order valence-electron chi connectivity index (χ1n) is 9.67. The van der Waals surface area contributed by atoms with E-state index in [1.807, 2.05) is 25.1 Å². The third-order valence-electron chi connectivity index (χ3n) is 5.01. The van der Waals surface area contributed by atoms with Gasteiger partial charge in [-0.2, -0.15) is 0 Å². The molecule has 1 aromatic carbocycles. The molecule has 0 radical (unpaired) electrons. The number of nitrogens with one attached hydrogen (secondary N) is 1. The average Bonchev–Trinajstić information content (AvgIpc) is 2.68. The summed E-state index contributed by atoms with van der Waals surface area (Å²) in [5.74, 6) is 1.62. The molecule has 148 valence electrons. The summed E-state index contributed by atoms with van der Waals surface area (Å²) in [7, 11) is 0. The zero-order chi connectivity index (χ0) is 19.2. The quantitative estimate of drug-likeness (QED) is 0.855. The van der Waals surface area contributed by atoms with Gasteiger partial charge in [-0.3, -0.25) is 4.79 Å². The molecule has 0 aromatic heterocycles. The van der Waals surface area contributed by atoms with Crippen molar-refractivity contribution in [3.8, 4) is 11.5 Å². The standard InChI is InChI=1S/C20H28N2O5/c1-3-25-20(24)22-8-6-16(7-9-22)21-19(23)12-14(2)15-4-5-17-18(13-15)27-11-10-26-17/h4-5,13-14,16H,3,6-12H2,1-2H3,(H,21,23). The van der Waals surface area contributed by atoms with Crippen molar-refractivity contribution in [1.82, 2.24) is 10.2 Å². The molecular formula is C20H28N2O5. The van der Waals surface area contributed by atoms with Gasteiger partial charge in [0.1, 0.15) is 13.2 Å². The van der Waals surface area contributed by atoms with Gasteiger partial charge in [-0.25, -0.2) is 4.79 Å². The molecule has 2 heterocycles. The van der Waals surface area contributed by atoms with E-state index in [9.17, 15) is 9.59 Å². The molecule has 7 heteroatoms. The number of carbonyl (C=O) groups excluding carboxylic acids is 2. The topological polar surface area (TPSA) is 77.1 Å². The molecule has 2 aliphatic heterocycles. The van der Waals surface area contributed by atoms with Crippen LogP contribution in [0.3, 0.4) is 0 Å². The first-order valence-corrected chi connectivity index (χ1v) is 9.67. The molecular weight excluding hydrogens is 348 g/mol. The first kappa shape index (κ1) is 19.3. The Morgan fingerprint density at radius 3 is 2.63 bits per heavy atom. The largest absolute Gasteiger partial charge is 0.486 e. The number of benzene rings is 1. The lowest BCUT2D eigenvalue weighted by Crippen LogP contribution is -2.46. The van der Waals surface area contributed by atoms with Crippen LogP contribution in [0.25, 0.3) is 0 Å². The van der Waals surface area contributed by atoms with E-state index in [0.717, 1.165) is 29.9 Å². The van der Waals surface area contributed by atoms with Crippen LogP contribution in [0.4, 0.5) is 4.79 Å². The van der Waals surface area contributed by atoms with Gasteiger partial charge >= 0.3 is 6.09 Å². The second kappa shape index (κ2) is 8.97. The summed E-state index contributed by atoms with van der Waals surface area (Å²) in [5.41, 5.74) is 1.06. The van der Waals surface area contributed by atoms with Crippen LogP contribution < -0.4 is 14.8 Å². The Morgan fingerprint density at radius 2 is 1.93 bits per heavy atom. The number of ether oxygens (including phenoxy) is 3. The van der Waals surface area contributed by atoms with Gasteiger partial charge in [0.25, 0.3) is 0 Å². The highest BCUT2D eigenvalue weighted by Gasteiger charge is 2.25. The second-order valence-electron chi connectivity index (χ2n) is 7.04. The third-order valence-corrected chi connectivity index (χ3v) is 5.01. The molecule has 2 aliphatic rings. The van der Waals surface area contributed by atoms with Crippen LogP contribution in [0, 0.1) is 0 Å². The van der Waals surface area contributed by atoms with Gasteiger partial charge in [0.15, 0.2) is 11.5 Å². The van der Waals surface area contributed by atoms with Gasteiger partial charge in [0.2, 0.25) is 5.91 Å². The van der Waals surface area contributed by atoms with Crippen molar-refractivity contribution < 1.29 is 23.8 Å². The summed E-state index contributed by atoms with van der Waals surface area (Å²) in [6, 6.07) is 5.97. The predicted molar refractivity (Wildman–Crippen MR) is 100 cm³/mol. The predicted octanol–water partition coefficient (Wildman–Crippen LogP) is 2.69. The molecule has 0 bridgehead atoms. The molecule has 0 aliphatic carbocycles. The number of amides is 2. The van der Waals surface area contributed by atoms with E-state index in [1.165, 1.54) is 0 Å². The molecule has 27 heavy (non-hydrogen) atoms. The van der Waals surface area contributed by atoms with Crippen molar-refractivity contribution in [3.63, 3.8) is 0 Å². The third kappa shape index (κ3) is 5.05. The SMILES string of the molecule is CCOC(=O)N1CCC(NC(=O)CC(C)c2ccc3c(c2)OCCO3)CC1. The van der Waals surface area contributed by atoms with Gasteiger partial charge in [0, 0.05) is 25.6 Å². The summed E-state index contributed by atoms with van der Waals surface area (Å²) < 4.78 is 16.2. The number of rotatable bonds is 5. The maximum absolute atomic E-state index is 12.4. The maximum Gasteiger partial charge on any atom is 0.409 e. The maximum atomic E-state index is 12.4. The van der Waals surface area contributed by atoms with E-state index < -0.39 is 0 Å². The van der Waals surface area contributed by atoms with E-state index in [4.69, 9.17) is 14.2 Å². The molecule has 1 saturated heterocycles. The van der Waals surface area contributed by atoms with Crippen molar-refractivity contribution in [2.75, 3.05) is 32.9 Å². The molecule has 1 unspecified atom stereocenters. The van der Waals surface area contributed by atoms with Crippen LogP contribution in [-0.2, 0) is 9.53 Å². The van der Waals surface area contributed by atoms with E-state index >= 15 is 0 Å². The van der Waals surface area contributed by atoms with Crippen LogP contribution in [0.2, 0.25) is 0 Å². The minimum Gasteiger partial charge on any atom is -0.486 e. The number of fused-ring (bicyclic) bond motifs is 1. The van der Waals surface area contributed by atoms with Gasteiger partial charge in [-0.15, -0.1) is 0 Å². The molecule has 2 amide bonds. The second-order valence-corrected chi connectivity index (χ2v) is 7.04. The van der Waals surface area contributed by atoms with Crippen LogP contribution >= 0.6 is 0 Å². The highest BCUT2D eigenvalue weighted by Crippen LogP contribution is 2.33. The van der Waals surface area contributed by atoms with E-state index in [2.05, 4.69) is 5.32 Å². The first-order chi connectivity index (χ1) is 13.1. The Bertz CT molecular complexity index is 670. The normalized spacial score (nSPS) is 17.9. The molecule has 3 rings (SSSR count). The minimum atomic E-state index is -0.269. The highest BCUT2D eigenvalue weighted by atomic mass is 16.6. The summed E-state index contributed by atoms with van der Waals surface area (Å²) in [6.07, 6.45) is 1.65. The van der Waals surface area contributed by atoms with Gasteiger partial charge in [-0.05, 0) is 43.4 Å². The number of likely N-dealkylation sites (tertiary alicyclic amines) is 1. The van der Waals surface area contributed by atoms with Gasteiger partial charge in [-0.1, -0.05) is 13.0 Å². The van der Waals surface area contributed by atoms with Crippen LogP contribution in [-0.4, -0.2) is 55.9 Å². The minimum absolute atomic E-state index is 0.0342. The molecule has 1 N–H and O–H groups in total. The van der Waals surface area contributed by atoms with Crippen molar-refractivity contribution in [1.29, 1.82) is 0 Å². The van der Waals surface area contributed by atoms with Crippen LogP contribution in [0.5, 0.6) is 11.5 Å². The molecule has 1 fully saturated rings. The summed E-state index contributed by atoms with van der Waals surface area (Å²) in [4.78, 5) is 25.9. The lowest BCUT2D eigenvalue weighted by atomic mass is 9.96. The Kier molecular flexibility index (Phi) is 6.42. The van der Waals surface area contributed by atoms with E-state index in [-0.39, 0.29) is 24.0 Å². The Hall–Kier alpha value is -2.44. The van der Waals surface area contributed by atoms with Crippen LogP contribution in [0.1, 0.15) is 44.6 Å². The number of piperidine rings is 1. The molecule has 0 spiro atoms. The zero-order valence-corrected chi connectivity index (χ0v) is 16.0. The Balaban J connectivity index is 1.46. The summed E-state index contributed by atoms with van der Waals surface area (Å²) in [5, 5.41) is 3.10. The summed E-state index contributed by atoms with van der Waals surface area (Å²) >= 11 is 0. The fourth-order valence-electron chi connectivity index (χ4n) is 3.47. The smallest absolute Gasteiger partial charge is 0.409 e. The van der Waals surface area contributed by atoms with Gasteiger partial charge < -0.3 is 24.4 Å². The Morgan fingerprint density at radius 1 is 1.22 bits per heavy atom. The average molecular weight is 376 g/mol. The zero-order valence-electron chi connectivity index (χ0n) is 16.0. The fraction of sp³-hybridized carbons (Fsp3) is 0.600. The number of carbonyl (C=O) groups is 2.